The summed E-state index contributed by atoms with van der Waals surface area (Å²) in [5.41, 5.74) is 2.11. The predicted octanol–water partition coefficient (Wildman–Crippen LogP) is 1.94. The van der Waals surface area contributed by atoms with Gasteiger partial charge in [0.25, 0.3) is 0 Å². The van der Waals surface area contributed by atoms with Crippen LogP contribution >= 0.6 is 0 Å². The SMILES string of the molecule is CC1CCN(C(=O)Cc2ccc3[nH]ccc3c2)CC1O. The normalized spacial score (nSPS) is 23.2. The predicted molar refractivity (Wildman–Crippen MR) is 78.4 cm³/mol. The molecule has 0 spiro atoms. The van der Waals surface area contributed by atoms with Crippen molar-refractivity contribution < 1.29 is 9.90 Å². The molecule has 20 heavy (non-hydrogen) atoms. The number of β-amino-alcohol motifs (C(OH)–C–C–N with tert-alkyl or cyclic N) is 1. The van der Waals surface area contributed by atoms with Crippen molar-refractivity contribution in [3.63, 3.8) is 0 Å². The number of nitrogens with one attached hydrogen (secondary N) is 1. The molecule has 1 saturated heterocycles. The summed E-state index contributed by atoms with van der Waals surface area (Å²) < 4.78 is 0. The summed E-state index contributed by atoms with van der Waals surface area (Å²) >= 11 is 0. The van der Waals surface area contributed by atoms with Gasteiger partial charge < -0.3 is 15.0 Å². The molecule has 1 aliphatic heterocycles. The number of aromatic amines is 1. The van der Waals surface area contributed by atoms with E-state index in [-0.39, 0.29) is 17.9 Å². The summed E-state index contributed by atoms with van der Waals surface area (Å²) in [7, 11) is 0. The van der Waals surface area contributed by atoms with Crippen LogP contribution in [0.5, 0.6) is 0 Å². The van der Waals surface area contributed by atoms with Gasteiger partial charge >= 0.3 is 0 Å². The first kappa shape index (κ1) is 13.2. The van der Waals surface area contributed by atoms with E-state index < -0.39 is 0 Å². The van der Waals surface area contributed by atoms with Crippen molar-refractivity contribution in [3.8, 4) is 0 Å². The van der Waals surface area contributed by atoms with Gasteiger partial charge in [-0.1, -0.05) is 13.0 Å². The number of aromatic nitrogens is 1. The number of piperidine rings is 1. The van der Waals surface area contributed by atoms with Crippen LogP contribution in [0.4, 0.5) is 0 Å². The van der Waals surface area contributed by atoms with Gasteiger partial charge in [0, 0.05) is 24.8 Å². The lowest BCUT2D eigenvalue weighted by Crippen LogP contribution is -2.46. The molecule has 2 heterocycles. The number of fused-ring (bicyclic) bond motifs is 1. The highest BCUT2D eigenvalue weighted by molar-refractivity contribution is 5.83. The van der Waals surface area contributed by atoms with Gasteiger partial charge in [-0.3, -0.25) is 4.79 Å². The molecule has 1 aromatic carbocycles. The molecule has 0 aliphatic carbocycles. The standard InChI is InChI=1S/C16H20N2O2/c1-11-5-7-18(10-15(11)19)16(20)9-12-2-3-14-13(8-12)4-6-17-14/h2-4,6,8,11,15,17,19H,5,7,9-10H2,1H3. The van der Waals surface area contributed by atoms with Crippen molar-refractivity contribution >= 4 is 16.8 Å². The van der Waals surface area contributed by atoms with E-state index in [0.717, 1.165) is 29.4 Å². The summed E-state index contributed by atoms with van der Waals surface area (Å²) in [6.45, 7) is 3.25. The second-order valence-corrected chi connectivity index (χ2v) is 5.75. The van der Waals surface area contributed by atoms with Gasteiger partial charge in [0.05, 0.1) is 12.5 Å². The molecular formula is C16H20N2O2. The number of carbonyl (C=O) groups excluding carboxylic acids is 1. The van der Waals surface area contributed by atoms with Gasteiger partial charge in [0.15, 0.2) is 0 Å². The third-order valence-corrected chi connectivity index (χ3v) is 4.24. The average Bonchev–Trinajstić information content (AvgIpc) is 2.89. The molecule has 0 bridgehead atoms. The number of aliphatic hydroxyl groups is 1. The zero-order valence-corrected chi connectivity index (χ0v) is 11.7. The summed E-state index contributed by atoms with van der Waals surface area (Å²) in [6.07, 6.45) is 2.80. The third-order valence-electron chi connectivity index (χ3n) is 4.24. The fourth-order valence-electron chi connectivity index (χ4n) is 2.77. The molecule has 1 amide bonds. The molecule has 1 aromatic heterocycles. The van der Waals surface area contributed by atoms with Crippen molar-refractivity contribution in [3.05, 3.63) is 36.0 Å². The quantitative estimate of drug-likeness (QED) is 0.878. The maximum Gasteiger partial charge on any atom is 0.227 e. The Labute approximate surface area is 118 Å². The molecule has 4 nitrogen and oxygen atoms in total. The van der Waals surface area contributed by atoms with Gasteiger partial charge in [-0.15, -0.1) is 0 Å². The van der Waals surface area contributed by atoms with E-state index in [4.69, 9.17) is 0 Å². The molecule has 106 valence electrons. The second-order valence-electron chi connectivity index (χ2n) is 5.75. The third kappa shape index (κ3) is 2.56. The van der Waals surface area contributed by atoms with Crippen molar-refractivity contribution in [2.24, 2.45) is 5.92 Å². The Bertz CT molecular complexity index is 620. The van der Waals surface area contributed by atoms with Crippen molar-refractivity contribution in [1.82, 2.24) is 9.88 Å². The fourth-order valence-corrected chi connectivity index (χ4v) is 2.77. The highest BCUT2D eigenvalue weighted by Gasteiger charge is 2.27. The van der Waals surface area contributed by atoms with Gasteiger partial charge in [-0.2, -0.15) is 0 Å². The number of rotatable bonds is 2. The molecule has 2 atom stereocenters. The number of likely N-dealkylation sites (tertiary alicyclic amines) is 1. The van der Waals surface area contributed by atoms with E-state index in [1.807, 2.05) is 37.4 Å². The van der Waals surface area contributed by atoms with Crippen LogP contribution in [-0.4, -0.2) is 40.1 Å². The van der Waals surface area contributed by atoms with Gasteiger partial charge in [-0.25, -0.2) is 0 Å². The first-order valence-electron chi connectivity index (χ1n) is 7.15. The van der Waals surface area contributed by atoms with Crippen LogP contribution in [-0.2, 0) is 11.2 Å². The minimum absolute atomic E-state index is 0.103. The molecule has 4 heteroatoms. The Morgan fingerprint density at radius 1 is 1.45 bits per heavy atom. The zero-order chi connectivity index (χ0) is 14.1. The van der Waals surface area contributed by atoms with E-state index in [1.54, 1.807) is 4.90 Å². The molecule has 1 aliphatic rings. The molecule has 3 rings (SSSR count). The lowest BCUT2D eigenvalue weighted by atomic mass is 9.95. The first-order valence-corrected chi connectivity index (χ1v) is 7.15. The lowest BCUT2D eigenvalue weighted by Gasteiger charge is -2.34. The Morgan fingerprint density at radius 2 is 2.30 bits per heavy atom. The maximum absolute atomic E-state index is 12.3. The van der Waals surface area contributed by atoms with Crippen molar-refractivity contribution in [2.45, 2.75) is 25.9 Å². The number of hydrogen-bond donors (Lipinski definition) is 2. The van der Waals surface area contributed by atoms with Gasteiger partial charge in [-0.05, 0) is 41.5 Å². The van der Waals surface area contributed by atoms with Crippen LogP contribution < -0.4 is 0 Å². The lowest BCUT2D eigenvalue weighted by molar-refractivity contribution is -0.134. The second kappa shape index (κ2) is 5.29. The minimum atomic E-state index is -0.389. The molecule has 0 saturated carbocycles. The summed E-state index contributed by atoms with van der Waals surface area (Å²) in [6, 6.07) is 8.05. The van der Waals surface area contributed by atoms with Crippen molar-refractivity contribution in [1.29, 1.82) is 0 Å². The van der Waals surface area contributed by atoms with E-state index in [9.17, 15) is 9.90 Å². The highest BCUT2D eigenvalue weighted by Crippen LogP contribution is 2.19. The monoisotopic (exact) mass is 272 g/mol. The number of aliphatic hydroxyl groups excluding tert-OH is 1. The zero-order valence-electron chi connectivity index (χ0n) is 11.7. The highest BCUT2D eigenvalue weighted by atomic mass is 16.3. The number of nitrogens with zero attached hydrogens (tertiary/aromatic N) is 1. The number of benzene rings is 1. The maximum atomic E-state index is 12.3. The van der Waals surface area contributed by atoms with E-state index in [1.165, 1.54) is 0 Å². The van der Waals surface area contributed by atoms with Crippen LogP contribution in [0.15, 0.2) is 30.5 Å². The Morgan fingerprint density at radius 3 is 3.10 bits per heavy atom. The summed E-state index contributed by atoms with van der Waals surface area (Å²) in [5, 5.41) is 11.0. The molecule has 1 fully saturated rings. The van der Waals surface area contributed by atoms with Crippen molar-refractivity contribution in [2.75, 3.05) is 13.1 Å². The number of carbonyl (C=O) groups is 1. The topological polar surface area (TPSA) is 56.3 Å². The van der Waals surface area contributed by atoms with Crippen LogP contribution in [0.2, 0.25) is 0 Å². The van der Waals surface area contributed by atoms with Crippen LogP contribution in [0.25, 0.3) is 10.9 Å². The van der Waals surface area contributed by atoms with Gasteiger partial charge in [0.2, 0.25) is 5.91 Å². The molecule has 2 unspecified atom stereocenters. The van der Waals surface area contributed by atoms with Crippen LogP contribution in [0.1, 0.15) is 18.9 Å². The largest absolute Gasteiger partial charge is 0.391 e. The van der Waals surface area contributed by atoms with E-state index in [2.05, 4.69) is 4.98 Å². The summed E-state index contributed by atoms with van der Waals surface area (Å²) in [5.74, 6) is 0.390. The Hall–Kier alpha value is -1.81. The minimum Gasteiger partial charge on any atom is -0.391 e. The molecule has 2 aromatic rings. The van der Waals surface area contributed by atoms with E-state index in [0.29, 0.717) is 13.0 Å². The van der Waals surface area contributed by atoms with E-state index >= 15 is 0 Å². The number of amides is 1. The Balaban J connectivity index is 1.69. The molecule has 2 N–H and O–H groups in total. The number of H-pyrrole nitrogens is 1. The smallest absolute Gasteiger partial charge is 0.227 e. The Kier molecular flexibility index (Phi) is 3.49. The fraction of sp³-hybridized carbons (Fsp3) is 0.438. The number of hydrogen-bond acceptors (Lipinski definition) is 2. The molecule has 0 radical (unpaired) electrons. The average molecular weight is 272 g/mol. The summed E-state index contributed by atoms with van der Waals surface area (Å²) in [4.78, 5) is 17.2. The molecular weight excluding hydrogens is 252 g/mol. The van der Waals surface area contributed by atoms with Crippen LogP contribution in [0.3, 0.4) is 0 Å². The van der Waals surface area contributed by atoms with Crippen LogP contribution in [0, 0.1) is 5.92 Å². The first-order chi connectivity index (χ1) is 9.63. The van der Waals surface area contributed by atoms with Gasteiger partial charge in [0.1, 0.15) is 0 Å².